The van der Waals surface area contributed by atoms with Crippen LogP contribution in [-0.2, 0) is 0 Å². The van der Waals surface area contributed by atoms with E-state index in [2.05, 4.69) is 15.1 Å². The molecule has 1 aliphatic heterocycles. The lowest BCUT2D eigenvalue weighted by atomic mass is 9.92. The number of aliphatic hydroxyl groups excluding tert-OH is 2. The zero-order valence-corrected chi connectivity index (χ0v) is 11.5. The number of hydrazone groups is 1. The Bertz CT molecular complexity index is 714. The largest absolute Gasteiger partial charge is 0.387 e. The van der Waals surface area contributed by atoms with Gasteiger partial charge in [-0.2, -0.15) is 10.4 Å². The number of nitriles is 1. The van der Waals surface area contributed by atoms with Crippen LogP contribution in [0.1, 0.15) is 11.7 Å². The van der Waals surface area contributed by atoms with Crippen molar-refractivity contribution in [3.63, 3.8) is 0 Å². The Labute approximate surface area is 126 Å². The molecule has 0 aromatic carbocycles. The number of rotatable bonds is 3. The molecule has 3 rings (SSSR count). The quantitative estimate of drug-likeness (QED) is 0.869. The van der Waals surface area contributed by atoms with E-state index in [1.807, 2.05) is 6.07 Å². The summed E-state index contributed by atoms with van der Waals surface area (Å²) in [5.74, 6) is -0.852. The van der Waals surface area contributed by atoms with E-state index >= 15 is 0 Å². The molecule has 0 saturated carbocycles. The minimum absolute atomic E-state index is 0.0627. The lowest BCUT2D eigenvalue weighted by Crippen LogP contribution is -2.36. The average Bonchev–Trinajstić information content (AvgIpc) is 2.92. The molecule has 7 heteroatoms. The smallest absolute Gasteiger partial charge is 0.159 e. The second-order valence-corrected chi connectivity index (χ2v) is 4.82. The minimum atomic E-state index is -1.16. The molecule has 2 aromatic heterocycles. The van der Waals surface area contributed by atoms with Gasteiger partial charge in [-0.05, 0) is 23.8 Å². The molecule has 0 saturated heterocycles. The minimum Gasteiger partial charge on any atom is -0.387 e. The molecule has 3 unspecified atom stereocenters. The van der Waals surface area contributed by atoms with E-state index in [0.29, 0.717) is 11.3 Å². The lowest BCUT2D eigenvalue weighted by molar-refractivity contribution is 0.0532. The zero-order chi connectivity index (χ0) is 15.5. The Balaban J connectivity index is 1.93. The summed E-state index contributed by atoms with van der Waals surface area (Å²) in [7, 11) is 0. The van der Waals surface area contributed by atoms with Crippen LogP contribution in [0, 0.1) is 17.2 Å². The van der Waals surface area contributed by atoms with E-state index < -0.39 is 18.2 Å². The maximum Gasteiger partial charge on any atom is 0.159 e. The summed E-state index contributed by atoms with van der Waals surface area (Å²) in [4.78, 5) is 7.91. The molecular formula is C15H13N5O2. The number of nitrogens with zero attached hydrogens (tertiary/aromatic N) is 5. The van der Waals surface area contributed by atoms with Crippen LogP contribution in [0.2, 0.25) is 0 Å². The van der Waals surface area contributed by atoms with Crippen LogP contribution in [0.15, 0.2) is 54.2 Å². The number of anilines is 1. The van der Waals surface area contributed by atoms with Gasteiger partial charge in [0.05, 0.1) is 23.9 Å². The first-order chi connectivity index (χ1) is 10.7. The molecular weight excluding hydrogens is 282 g/mol. The van der Waals surface area contributed by atoms with E-state index in [1.165, 1.54) is 17.4 Å². The Kier molecular flexibility index (Phi) is 3.78. The molecule has 2 N–H and O–H groups in total. The molecule has 0 radical (unpaired) electrons. The van der Waals surface area contributed by atoms with E-state index in [1.54, 1.807) is 36.7 Å². The monoisotopic (exact) mass is 295 g/mol. The molecule has 7 nitrogen and oxygen atoms in total. The van der Waals surface area contributed by atoms with Crippen LogP contribution >= 0.6 is 0 Å². The van der Waals surface area contributed by atoms with Crippen molar-refractivity contribution in [2.75, 3.05) is 5.01 Å². The van der Waals surface area contributed by atoms with Gasteiger partial charge < -0.3 is 10.2 Å². The summed E-state index contributed by atoms with van der Waals surface area (Å²) in [6.07, 6.45) is 3.98. The maximum atomic E-state index is 10.5. The van der Waals surface area contributed by atoms with Gasteiger partial charge >= 0.3 is 0 Å². The van der Waals surface area contributed by atoms with Gasteiger partial charge in [0.15, 0.2) is 6.23 Å². The van der Waals surface area contributed by atoms with Crippen LogP contribution in [0.25, 0.3) is 0 Å². The van der Waals surface area contributed by atoms with Crippen molar-refractivity contribution >= 4 is 11.4 Å². The Morgan fingerprint density at radius 2 is 1.91 bits per heavy atom. The second kappa shape index (κ2) is 5.89. The molecule has 0 amide bonds. The molecule has 0 aliphatic carbocycles. The van der Waals surface area contributed by atoms with E-state index in [-0.39, 0.29) is 5.71 Å². The van der Waals surface area contributed by atoms with Crippen molar-refractivity contribution in [3.05, 3.63) is 54.6 Å². The first-order valence-corrected chi connectivity index (χ1v) is 6.66. The Hall–Kier alpha value is -2.82. The van der Waals surface area contributed by atoms with Crippen molar-refractivity contribution in [2.45, 2.75) is 12.3 Å². The van der Waals surface area contributed by atoms with Gasteiger partial charge in [0.2, 0.25) is 0 Å². The van der Waals surface area contributed by atoms with Crippen LogP contribution in [-0.4, -0.2) is 32.1 Å². The number of hydrogen-bond donors (Lipinski definition) is 2. The third kappa shape index (κ3) is 2.41. The summed E-state index contributed by atoms with van der Waals surface area (Å²) in [5.41, 5.74) is 1.12. The topological polar surface area (TPSA) is 106 Å². The van der Waals surface area contributed by atoms with E-state index in [0.717, 1.165) is 0 Å². The Morgan fingerprint density at radius 3 is 2.50 bits per heavy atom. The summed E-state index contributed by atoms with van der Waals surface area (Å²) in [6.45, 7) is 0. The van der Waals surface area contributed by atoms with Crippen molar-refractivity contribution in [3.8, 4) is 6.07 Å². The number of aliphatic hydroxyl groups is 2. The van der Waals surface area contributed by atoms with Crippen molar-refractivity contribution < 1.29 is 10.2 Å². The van der Waals surface area contributed by atoms with Gasteiger partial charge in [0.1, 0.15) is 11.8 Å². The van der Waals surface area contributed by atoms with Gasteiger partial charge in [-0.25, -0.2) is 5.01 Å². The molecule has 0 fully saturated rings. The lowest BCUT2D eigenvalue weighted by Gasteiger charge is -2.25. The van der Waals surface area contributed by atoms with Crippen LogP contribution in [0.4, 0.5) is 5.69 Å². The van der Waals surface area contributed by atoms with Crippen LogP contribution in [0.3, 0.4) is 0 Å². The molecule has 1 aliphatic rings. The fourth-order valence-electron chi connectivity index (χ4n) is 2.40. The zero-order valence-electron chi connectivity index (χ0n) is 11.5. The fraction of sp³-hybridized carbons (Fsp3) is 0.200. The second-order valence-electron chi connectivity index (χ2n) is 4.82. The average molecular weight is 295 g/mol. The SMILES string of the molecule is N#CC1=NN(c2cccnc2)C(O)C1C(O)c1cccnc1. The highest BCUT2D eigenvalue weighted by Gasteiger charge is 2.42. The number of hydrogen-bond acceptors (Lipinski definition) is 7. The molecule has 0 bridgehead atoms. The molecule has 3 atom stereocenters. The van der Waals surface area contributed by atoms with Crippen molar-refractivity contribution in [1.82, 2.24) is 9.97 Å². The summed E-state index contributed by atoms with van der Waals surface area (Å²) < 4.78 is 0. The summed E-state index contributed by atoms with van der Waals surface area (Å²) in [5, 5.41) is 35.6. The molecule has 0 spiro atoms. The number of aromatic nitrogens is 2. The summed E-state index contributed by atoms with van der Waals surface area (Å²) >= 11 is 0. The van der Waals surface area contributed by atoms with Gasteiger partial charge in [0, 0.05) is 18.6 Å². The van der Waals surface area contributed by atoms with Crippen LogP contribution < -0.4 is 5.01 Å². The Morgan fingerprint density at radius 1 is 1.18 bits per heavy atom. The number of pyridine rings is 2. The van der Waals surface area contributed by atoms with Gasteiger partial charge in [0.25, 0.3) is 0 Å². The maximum absolute atomic E-state index is 10.5. The van der Waals surface area contributed by atoms with E-state index in [4.69, 9.17) is 0 Å². The highest BCUT2D eigenvalue weighted by Crippen LogP contribution is 2.34. The normalized spacial score (nSPS) is 22.0. The highest BCUT2D eigenvalue weighted by molar-refractivity contribution is 6.03. The molecule has 110 valence electrons. The third-order valence-electron chi connectivity index (χ3n) is 3.49. The fourth-order valence-corrected chi connectivity index (χ4v) is 2.40. The highest BCUT2D eigenvalue weighted by atomic mass is 16.3. The standard InChI is InChI=1S/C15H13N5O2/c16-7-12-13(14(21)10-3-1-5-17-8-10)15(22)20(19-12)11-4-2-6-18-9-11/h1-6,8-9,13-15,21-22H. The van der Waals surface area contributed by atoms with Gasteiger partial charge in [-0.15, -0.1) is 0 Å². The van der Waals surface area contributed by atoms with Crippen LogP contribution in [0.5, 0.6) is 0 Å². The molecule has 2 aromatic rings. The van der Waals surface area contributed by atoms with Crippen molar-refractivity contribution in [2.24, 2.45) is 11.0 Å². The predicted molar refractivity (Wildman–Crippen MR) is 78.5 cm³/mol. The first-order valence-electron chi connectivity index (χ1n) is 6.66. The van der Waals surface area contributed by atoms with Gasteiger partial charge in [-0.3, -0.25) is 9.97 Å². The predicted octanol–water partition coefficient (Wildman–Crippen LogP) is 0.844. The van der Waals surface area contributed by atoms with Crippen molar-refractivity contribution in [1.29, 1.82) is 5.26 Å². The molecule has 22 heavy (non-hydrogen) atoms. The summed E-state index contributed by atoms with van der Waals surface area (Å²) in [6, 6.07) is 8.73. The first kappa shape index (κ1) is 14.1. The third-order valence-corrected chi connectivity index (χ3v) is 3.49. The van der Waals surface area contributed by atoms with E-state index in [9.17, 15) is 15.5 Å². The molecule has 3 heterocycles. The van der Waals surface area contributed by atoms with Gasteiger partial charge in [-0.1, -0.05) is 6.07 Å².